The van der Waals surface area contributed by atoms with E-state index in [1.807, 2.05) is 0 Å². The van der Waals surface area contributed by atoms with E-state index in [4.69, 9.17) is 17.3 Å². The second-order valence-corrected chi connectivity index (χ2v) is 3.94. The van der Waals surface area contributed by atoms with E-state index in [0.29, 0.717) is 17.8 Å². The number of anilines is 2. The number of rotatable bonds is 4. The second kappa shape index (κ2) is 4.83. The Morgan fingerprint density at radius 3 is 2.42 bits per heavy atom. The number of carbonyl (C=O) groups excluding carboxylic acids is 2. The molecule has 0 saturated carbocycles. The van der Waals surface area contributed by atoms with Crippen LogP contribution < -0.4 is 22.3 Å². The van der Waals surface area contributed by atoms with Gasteiger partial charge in [0.2, 0.25) is 6.41 Å². The van der Waals surface area contributed by atoms with E-state index in [1.165, 1.54) is 6.07 Å². The normalized spacial score (nSPS) is 10.2. The summed E-state index contributed by atoms with van der Waals surface area (Å²) in [5.74, 6) is 4.93. The molecule has 0 aliphatic carbocycles. The van der Waals surface area contributed by atoms with Crippen molar-refractivity contribution >= 4 is 23.8 Å². The van der Waals surface area contributed by atoms with E-state index >= 15 is 0 Å². The van der Waals surface area contributed by atoms with Crippen LogP contribution in [0.15, 0.2) is 30.3 Å². The van der Waals surface area contributed by atoms with Gasteiger partial charge in [-0.05, 0) is 23.8 Å². The molecular formula is C12H13N5O2. The molecule has 0 aliphatic rings. The highest BCUT2D eigenvalue weighted by atomic mass is 16.1. The average molecular weight is 259 g/mol. The van der Waals surface area contributed by atoms with Gasteiger partial charge in [-0.1, -0.05) is 12.1 Å². The van der Waals surface area contributed by atoms with Crippen molar-refractivity contribution in [2.75, 3.05) is 10.7 Å². The molecule has 0 radical (unpaired) electrons. The van der Waals surface area contributed by atoms with Gasteiger partial charge in [-0.2, -0.15) is 0 Å². The predicted octanol–water partition coefficient (Wildman–Crippen LogP) is 0.199. The molecule has 19 heavy (non-hydrogen) atoms. The first kappa shape index (κ1) is 12.7. The van der Waals surface area contributed by atoms with E-state index in [2.05, 4.69) is 4.98 Å². The highest BCUT2D eigenvalue weighted by Gasteiger charge is 2.17. The van der Waals surface area contributed by atoms with Gasteiger partial charge in [-0.25, -0.2) is 10.9 Å². The van der Waals surface area contributed by atoms with Crippen molar-refractivity contribution in [2.45, 2.75) is 0 Å². The molecule has 0 spiro atoms. The summed E-state index contributed by atoms with van der Waals surface area (Å²) in [6.45, 7) is 0. The number of nitrogens with one attached hydrogen (secondary N) is 1. The van der Waals surface area contributed by atoms with Crippen molar-refractivity contribution in [3.63, 3.8) is 0 Å². The van der Waals surface area contributed by atoms with Crippen molar-refractivity contribution in [1.82, 2.24) is 4.98 Å². The summed E-state index contributed by atoms with van der Waals surface area (Å²) in [5, 5.41) is 0.765. The number of carbonyl (C=O) groups is 2. The number of nitrogen functional groups attached to an aromatic ring is 1. The second-order valence-electron chi connectivity index (χ2n) is 3.94. The average Bonchev–Trinajstić information content (AvgIpc) is 2.84. The molecule has 0 saturated heterocycles. The van der Waals surface area contributed by atoms with Crippen molar-refractivity contribution in [1.29, 1.82) is 0 Å². The number of hydrogen-bond donors (Lipinski definition) is 4. The summed E-state index contributed by atoms with van der Waals surface area (Å²) < 4.78 is 0. The molecule has 1 aromatic carbocycles. The molecule has 0 fully saturated rings. The zero-order chi connectivity index (χ0) is 14.0. The molecular weight excluding hydrogens is 246 g/mol. The molecule has 0 aliphatic heterocycles. The molecule has 7 N–H and O–H groups in total. The summed E-state index contributed by atoms with van der Waals surface area (Å²) in [5.41, 5.74) is 13.0. The molecule has 7 heteroatoms. The lowest BCUT2D eigenvalue weighted by molar-refractivity contribution is -0.107. The first-order chi connectivity index (χ1) is 9.02. The smallest absolute Gasteiger partial charge is 0.252 e. The Kier molecular flexibility index (Phi) is 3.21. The minimum Gasteiger partial charge on any atom is -0.399 e. The first-order valence-electron chi connectivity index (χ1n) is 5.41. The number of nitrogens with zero attached hydrogens (tertiary/aromatic N) is 1. The third kappa shape index (κ3) is 2.40. The fraction of sp³-hybridized carbons (Fsp3) is 0. The Morgan fingerprint density at radius 1 is 1.26 bits per heavy atom. The maximum atomic E-state index is 11.3. The van der Waals surface area contributed by atoms with Gasteiger partial charge in [0, 0.05) is 11.4 Å². The third-order valence-electron chi connectivity index (χ3n) is 2.66. The SMILES string of the molecule is NC(=O)c1cc(-c2ccc(N)cc2)[nH]c1N(N)C=O. The van der Waals surface area contributed by atoms with Gasteiger partial charge in [0.15, 0.2) is 0 Å². The molecule has 2 amide bonds. The van der Waals surface area contributed by atoms with Gasteiger partial charge >= 0.3 is 0 Å². The molecule has 7 nitrogen and oxygen atoms in total. The van der Waals surface area contributed by atoms with Crippen LogP contribution in [-0.2, 0) is 4.79 Å². The van der Waals surface area contributed by atoms with Crippen LogP contribution in [0, 0.1) is 0 Å². The quantitative estimate of drug-likeness (QED) is 0.205. The zero-order valence-corrected chi connectivity index (χ0v) is 9.96. The summed E-state index contributed by atoms with van der Waals surface area (Å²) in [6.07, 6.45) is 0.380. The lowest BCUT2D eigenvalue weighted by Gasteiger charge is -2.08. The number of aromatic amines is 1. The van der Waals surface area contributed by atoms with Gasteiger partial charge in [0.05, 0.1) is 5.56 Å². The van der Waals surface area contributed by atoms with Gasteiger partial charge in [0.25, 0.3) is 5.91 Å². The van der Waals surface area contributed by atoms with Crippen LogP contribution in [0.4, 0.5) is 11.5 Å². The number of primary amides is 1. The molecule has 98 valence electrons. The maximum Gasteiger partial charge on any atom is 0.252 e. The molecule has 2 rings (SSSR count). The number of hydrogen-bond acceptors (Lipinski definition) is 4. The van der Waals surface area contributed by atoms with Crippen LogP contribution in [-0.4, -0.2) is 17.3 Å². The van der Waals surface area contributed by atoms with Gasteiger partial charge in [-0.3, -0.25) is 9.59 Å². The monoisotopic (exact) mass is 259 g/mol. The van der Waals surface area contributed by atoms with Crippen LogP contribution in [0.1, 0.15) is 10.4 Å². The van der Waals surface area contributed by atoms with Gasteiger partial charge in [0.1, 0.15) is 5.82 Å². The highest BCUT2D eigenvalue weighted by Crippen LogP contribution is 2.26. The molecule has 0 atom stereocenters. The summed E-state index contributed by atoms with van der Waals surface area (Å²) >= 11 is 0. The summed E-state index contributed by atoms with van der Waals surface area (Å²) in [7, 11) is 0. The number of amides is 2. The Balaban J connectivity index is 2.51. The number of hydrazine groups is 1. The Labute approximate surface area is 109 Å². The van der Waals surface area contributed by atoms with Crippen LogP contribution >= 0.6 is 0 Å². The largest absolute Gasteiger partial charge is 0.399 e. The topological polar surface area (TPSA) is 131 Å². The van der Waals surface area contributed by atoms with Crippen LogP contribution in [0.25, 0.3) is 11.3 Å². The molecule has 0 unspecified atom stereocenters. The molecule has 0 bridgehead atoms. The molecule has 2 aromatic rings. The van der Waals surface area contributed by atoms with Crippen molar-refractivity contribution in [2.24, 2.45) is 11.6 Å². The lowest BCUT2D eigenvalue weighted by Crippen LogP contribution is -2.31. The van der Waals surface area contributed by atoms with E-state index in [9.17, 15) is 9.59 Å². The maximum absolute atomic E-state index is 11.3. The minimum absolute atomic E-state index is 0.140. The Bertz CT molecular complexity index is 618. The van der Waals surface area contributed by atoms with E-state index in [1.54, 1.807) is 24.3 Å². The van der Waals surface area contributed by atoms with E-state index in [-0.39, 0.29) is 11.4 Å². The zero-order valence-electron chi connectivity index (χ0n) is 9.96. The fourth-order valence-electron chi connectivity index (χ4n) is 1.71. The lowest BCUT2D eigenvalue weighted by atomic mass is 10.1. The van der Waals surface area contributed by atoms with Crippen molar-refractivity contribution < 1.29 is 9.59 Å². The van der Waals surface area contributed by atoms with Crippen LogP contribution in [0.2, 0.25) is 0 Å². The highest BCUT2D eigenvalue weighted by molar-refractivity contribution is 6.01. The third-order valence-corrected chi connectivity index (χ3v) is 2.66. The first-order valence-corrected chi connectivity index (χ1v) is 5.41. The van der Waals surface area contributed by atoms with Crippen LogP contribution in [0.5, 0.6) is 0 Å². The standard InChI is InChI=1S/C12H13N5O2/c13-8-3-1-7(2-4-8)10-5-9(11(14)19)12(16-10)17(15)6-18/h1-6,16H,13,15H2,(H2,14,19). The predicted molar refractivity (Wildman–Crippen MR) is 71.9 cm³/mol. The number of nitrogens with two attached hydrogens (primary N) is 3. The van der Waals surface area contributed by atoms with Crippen molar-refractivity contribution in [3.8, 4) is 11.3 Å². The summed E-state index contributed by atoms with van der Waals surface area (Å²) in [6, 6.07) is 8.53. The molecule has 1 aromatic heterocycles. The Hall–Kier alpha value is -2.80. The van der Waals surface area contributed by atoms with E-state index < -0.39 is 5.91 Å². The number of H-pyrrole nitrogens is 1. The van der Waals surface area contributed by atoms with Gasteiger partial charge < -0.3 is 16.5 Å². The van der Waals surface area contributed by atoms with Gasteiger partial charge in [-0.15, -0.1) is 0 Å². The van der Waals surface area contributed by atoms with E-state index in [0.717, 1.165) is 10.6 Å². The minimum atomic E-state index is -0.676. The number of benzene rings is 1. The van der Waals surface area contributed by atoms with Crippen LogP contribution in [0.3, 0.4) is 0 Å². The van der Waals surface area contributed by atoms with Crippen molar-refractivity contribution in [3.05, 3.63) is 35.9 Å². The number of aromatic nitrogens is 1. The fourth-order valence-corrected chi connectivity index (χ4v) is 1.71. The summed E-state index contributed by atoms with van der Waals surface area (Å²) in [4.78, 5) is 24.9. The molecule has 1 heterocycles. The Morgan fingerprint density at radius 2 is 1.89 bits per heavy atom.